The maximum absolute atomic E-state index is 12.3. The van der Waals surface area contributed by atoms with E-state index in [1.54, 1.807) is 42.5 Å². The van der Waals surface area contributed by atoms with Gasteiger partial charge in [0.2, 0.25) is 0 Å². The van der Waals surface area contributed by atoms with E-state index < -0.39 is 11.6 Å². The van der Waals surface area contributed by atoms with Crippen LogP contribution < -0.4 is 10.4 Å². The van der Waals surface area contributed by atoms with E-state index in [2.05, 4.69) is 0 Å². The van der Waals surface area contributed by atoms with Crippen molar-refractivity contribution in [3.63, 3.8) is 0 Å². The SMILES string of the molecule is Cc1ccc(C(=O)Oc2cc(=O)oc3ccccc23)c(Cl)c1. The number of hydrogen-bond donors (Lipinski definition) is 0. The van der Waals surface area contributed by atoms with Crippen molar-refractivity contribution in [2.45, 2.75) is 6.92 Å². The van der Waals surface area contributed by atoms with Gasteiger partial charge in [-0.2, -0.15) is 0 Å². The van der Waals surface area contributed by atoms with Crippen LogP contribution in [0.5, 0.6) is 5.75 Å². The molecule has 0 spiro atoms. The second-order valence-corrected chi connectivity index (χ2v) is 5.21. The predicted molar refractivity (Wildman–Crippen MR) is 83.6 cm³/mol. The Morgan fingerprint density at radius 1 is 1.14 bits per heavy atom. The quantitative estimate of drug-likeness (QED) is 0.530. The van der Waals surface area contributed by atoms with E-state index in [4.69, 9.17) is 20.8 Å². The number of fused-ring (bicyclic) bond motifs is 1. The molecule has 0 fully saturated rings. The topological polar surface area (TPSA) is 56.5 Å². The molecule has 1 heterocycles. The number of carbonyl (C=O) groups is 1. The van der Waals surface area contributed by atoms with Crippen molar-refractivity contribution in [2.24, 2.45) is 0 Å². The number of aryl methyl sites for hydroxylation is 1. The second kappa shape index (κ2) is 5.66. The van der Waals surface area contributed by atoms with Gasteiger partial charge in [0, 0.05) is 0 Å². The van der Waals surface area contributed by atoms with Gasteiger partial charge in [0.05, 0.1) is 22.0 Å². The van der Waals surface area contributed by atoms with Crippen molar-refractivity contribution >= 4 is 28.5 Å². The highest BCUT2D eigenvalue weighted by atomic mass is 35.5. The molecule has 0 unspecified atom stereocenters. The molecule has 0 amide bonds. The van der Waals surface area contributed by atoms with E-state index in [1.807, 2.05) is 6.92 Å². The number of para-hydroxylation sites is 1. The molecule has 0 bridgehead atoms. The molecule has 0 N–H and O–H groups in total. The smallest absolute Gasteiger partial charge is 0.345 e. The summed E-state index contributed by atoms with van der Waals surface area (Å²) in [5.41, 5.74) is 0.946. The van der Waals surface area contributed by atoms with Gasteiger partial charge in [-0.15, -0.1) is 0 Å². The Hall–Kier alpha value is -2.59. The van der Waals surface area contributed by atoms with Crippen LogP contribution in [0, 0.1) is 6.92 Å². The minimum absolute atomic E-state index is 0.147. The molecule has 5 heteroatoms. The second-order valence-electron chi connectivity index (χ2n) is 4.80. The van der Waals surface area contributed by atoms with Crippen LogP contribution in [-0.2, 0) is 0 Å². The fourth-order valence-electron chi connectivity index (χ4n) is 2.11. The first-order valence-electron chi connectivity index (χ1n) is 6.56. The number of halogens is 1. The zero-order chi connectivity index (χ0) is 15.7. The van der Waals surface area contributed by atoms with E-state index in [0.29, 0.717) is 16.0 Å². The number of esters is 1. The van der Waals surface area contributed by atoms with Crippen molar-refractivity contribution in [1.29, 1.82) is 0 Å². The molecule has 0 radical (unpaired) electrons. The van der Waals surface area contributed by atoms with E-state index in [0.717, 1.165) is 11.6 Å². The Morgan fingerprint density at radius 2 is 1.91 bits per heavy atom. The lowest BCUT2D eigenvalue weighted by molar-refractivity contribution is 0.0736. The van der Waals surface area contributed by atoms with Gasteiger partial charge >= 0.3 is 11.6 Å². The largest absolute Gasteiger partial charge is 0.422 e. The van der Waals surface area contributed by atoms with Gasteiger partial charge in [-0.25, -0.2) is 9.59 Å². The number of hydrogen-bond acceptors (Lipinski definition) is 4. The highest BCUT2D eigenvalue weighted by molar-refractivity contribution is 6.33. The van der Waals surface area contributed by atoms with Crippen molar-refractivity contribution in [1.82, 2.24) is 0 Å². The molecule has 0 aliphatic heterocycles. The Kier molecular flexibility index (Phi) is 3.69. The molecule has 0 saturated heterocycles. The Morgan fingerprint density at radius 3 is 2.68 bits per heavy atom. The van der Waals surface area contributed by atoms with Crippen LogP contribution in [0.3, 0.4) is 0 Å². The molecule has 1 aromatic heterocycles. The molecular weight excluding hydrogens is 304 g/mol. The summed E-state index contributed by atoms with van der Waals surface area (Å²) in [6.45, 7) is 1.87. The molecule has 3 aromatic rings. The van der Waals surface area contributed by atoms with Crippen LogP contribution >= 0.6 is 11.6 Å². The first kappa shape index (κ1) is 14.4. The molecular formula is C17H11ClO4. The standard InChI is InChI=1S/C17H11ClO4/c1-10-6-7-11(13(18)8-10)17(20)22-15-9-16(19)21-14-5-3-2-4-12(14)15/h2-9H,1H3. The van der Waals surface area contributed by atoms with Gasteiger partial charge in [0.25, 0.3) is 0 Å². The molecule has 0 aliphatic rings. The van der Waals surface area contributed by atoms with Crippen LogP contribution in [0.15, 0.2) is 57.7 Å². The summed E-state index contributed by atoms with van der Waals surface area (Å²) in [5, 5.41) is 0.843. The third kappa shape index (κ3) is 2.73. The molecule has 0 atom stereocenters. The first-order chi connectivity index (χ1) is 10.5. The molecule has 3 rings (SSSR count). The van der Waals surface area contributed by atoms with E-state index in [1.165, 1.54) is 0 Å². The molecule has 2 aromatic carbocycles. The number of rotatable bonds is 2. The first-order valence-corrected chi connectivity index (χ1v) is 6.93. The lowest BCUT2D eigenvalue weighted by Crippen LogP contribution is -2.11. The summed E-state index contributed by atoms with van der Waals surface area (Å²) in [6, 6.07) is 13.0. The van der Waals surface area contributed by atoms with Gasteiger partial charge in [-0.05, 0) is 36.8 Å². The fourth-order valence-corrected chi connectivity index (χ4v) is 2.42. The third-order valence-corrected chi connectivity index (χ3v) is 3.47. The van der Waals surface area contributed by atoms with Gasteiger partial charge in [-0.1, -0.05) is 29.8 Å². The van der Waals surface area contributed by atoms with Gasteiger partial charge < -0.3 is 9.15 Å². The van der Waals surface area contributed by atoms with Crippen molar-refractivity contribution in [3.8, 4) is 5.75 Å². The van der Waals surface area contributed by atoms with Crippen LogP contribution in [0.1, 0.15) is 15.9 Å². The van der Waals surface area contributed by atoms with E-state index in [9.17, 15) is 9.59 Å². The van der Waals surface area contributed by atoms with Gasteiger partial charge in [-0.3, -0.25) is 0 Å². The maximum Gasteiger partial charge on any atom is 0.345 e. The van der Waals surface area contributed by atoms with Crippen molar-refractivity contribution in [2.75, 3.05) is 0 Å². The fraction of sp³-hybridized carbons (Fsp3) is 0.0588. The summed E-state index contributed by atoms with van der Waals surface area (Å²) in [6.07, 6.45) is 0. The van der Waals surface area contributed by atoms with Gasteiger partial charge in [0.1, 0.15) is 11.3 Å². The lowest BCUT2D eigenvalue weighted by atomic mass is 10.1. The van der Waals surface area contributed by atoms with Gasteiger partial charge in [0.15, 0.2) is 0 Å². The maximum atomic E-state index is 12.3. The van der Waals surface area contributed by atoms with Crippen LogP contribution in [0.25, 0.3) is 11.0 Å². The monoisotopic (exact) mass is 314 g/mol. The summed E-state index contributed by atoms with van der Waals surface area (Å²) < 4.78 is 10.4. The van der Waals surface area contributed by atoms with Crippen molar-refractivity contribution < 1.29 is 13.9 Å². The average Bonchev–Trinajstić information content (AvgIpc) is 2.46. The van der Waals surface area contributed by atoms with Crippen LogP contribution in [0.2, 0.25) is 5.02 Å². The zero-order valence-electron chi connectivity index (χ0n) is 11.6. The highest BCUT2D eigenvalue weighted by Gasteiger charge is 2.15. The summed E-state index contributed by atoms with van der Waals surface area (Å²) >= 11 is 6.06. The van der Waals surface area contributed by atoms with Crippen LogP contribution in [-0.4, -0.2) is 5.97 Å². The van der Waals surface area contributed by atoms with Crippen LogP contribution in [0.4, 0.5) is 0 Å². The number of ether oxygens (including phenoxy) is 1. The molecule has 22 heavy (non-hydrogen) atoms. The zero-order valence-corrected chi connectivity index (χ0v) is 12.4. The normalized spacial score (nSPS) is 10.6. The minimum atomic E-state index is -0.624. The minimum Gasteiger partial charge on any atom is -0.422 e. The lowest BCUT2D eigenvalue weighted by Gasteiger charge is -2.08. The predicted octanol–water partition coefficient (Wildman–Crippen LogP) is 3.97. The number of benzene rings is 2. The molecule has 0 saturated carbocycles. The molecule has 4 nitrogen and oxygen atoms in total. The highest BCUT2D eigenvalue weighted by Crippen LogP contribution is 2.25. The Bertz CT molecular complexity index is 927. The van der Waals surface area contributed by atoms with E-state index >= 15 is 0 Å². The van der Waals surface area contributed by atoms with E-state index in [-0.39, 0.29) is 11.3 Å². The third-order valence-electron chi connectivity index (χ3n) is 3.16. The summed E-state index contributed by atoms with van der Waals surface area (Å²) in [7, 11) is 0. The summed E-state index contributed by atoms with van der Waals surface area (Å²) in [5.74, 6) is -0.478. The number of carbonyl (C=O) groups excluding carboxylic acids is 1. The summed E-state index contributed by atoms with van der Waals surface area (Å²) in [4.78, 5) is 23.8. The molecule has 110 valence electrons. The average molecular weight is 315 g/mol. The Labute approximate surface area is 130 Å². The Balaban J connectivity index is 2.03. The van der Waals surface area contributed by atoms with Crippen molar-refractivity contribution in [3.05, 3.63) is 75.1 Å². The molecule has 0 aliphatic carbocycles.